The van der Waals surface area contributed by atoms with Crippen molar-refractivity contribution >= 4 is 5.95 Å². The fourth-order valence-electron chi connectivity index (χ4n) is 1.98. The van der Waals surface area contributed by atoms with Crippen LogP contribution in [-0.4, -0.2) is 29.8 Å². The number of anilines is 1. The number of rotatable bonds is 11. The molecular formula is C14H27N3O. The van der Waals surface area contributed by atoms with Crippen molar-refractivity contribution in [2.45, 2.75) is 52.0 Å². The molecule has 0 aliphatic heterocycles. The van der Waals surface area contributed by atoms with Gasteiger partial charge in [0.15, 0.2) is 0 Å². The van der Waals surface area contributed by atoms with Crippen molar-refractivity contribution in [1.82, 2.24) is 9.55 Å². The lowest BCUT2D eigenvalue weighted by Gasteiger charge is -2.09. The number of nitrogens with one attached hydrogen (secondary N) is 1. The van der Waals surface area contributed by atoms with Crippen molar-refractivity contribution in [3.63, 3.8) is 0 Å². The number of hydrogen-bond acceptors (Lipinski definition) is 3. The Morgan fingerprint density at radius 3 is 2.78 bits per heavy atom. The van der Waals surface area contributed by atoms with E-state index < -0.39 is 0 Å². The standard InChI is InChI=1S/C14H27N3O/c1-3-4-5-6-7-8-11-17-12-9-15-14(17)16-10-13-18-2/h9,12H,3-8,10-11,13H2,1-2H3,(H,15,16). The summed E-state index contributed by atoms with van der Waals surface area (Å²) < 4.78 is 7.21. The third-order valence-electron chi connectivity index (χ3n) is 3.06. The van der Waals surface area contributed by atoms with Gasteiger partial charge in [0.1, 0.15) is 0 Å². The van der Waals surface area contributed by atoms with Crippen molar-refractivity contribution in [3.05, 3.63) is 12.4 Å². The molecule has 1 aromatic heterocycles. The van der Waals surface area contributed by atoms with E-state index in [4.69, 9.17) is 4.74 Å². The van der Waals surface area contributed by atoms with E-state index >= 15 is 0 Å². The molecule has 104 valence electrons. The van der Waals surface area contributed by atoms with E-state index in [0.717, 1.165) is 19.0 Å². The van der Waals surface area contributed by atoms with E-state index in [9.17, 15) is 0 Å². The number of aromatic nitrogens is 2. The van der Waals surface area contributed by atoms with Gasteiger partial charge in [-0.05, 0) is 6.42 Å². The molecule has 0 unspecified atom stereocenters. The van der Waals surface area contributed by atoms with Gasteiger partial charge in [-0.2, -0.15) is 0 Å². The number of nitrogens with zero attached hydrogens (tertiary/aromatic N) is 2. The van der Waals surface area contributed by atoms with Crippen molar-refractivity contribution in [2.24, 2.45) is 0 Å². The molecule has 1 rings (SSSR count). The van der Waals surface area contributed by atoms with Crippen LogP contribution in [0.5, 0.6) is 0 Å². The third kappa shape index (κ3) is 6.05. The average Bonchev–Trinajstić information content (AvgIpc) is 2.82. The van der Waals surface area contributed by atoms with Gasteiger partial charge in [0.2, 0.25) is 5.95 Å². The lowest BCUT2D eigenvalue weighted by molar-refractivity contribution is 0.210. The first-order chi connectivity index (χ1) is 8.88. The molecule has 0 spiro atoms. The van der Waals surface area contributed by atoms with Crippen LogP contribution in [0.3, 0.4) is 0 Å². The SMILES string of the molecule is CCCCCCCCn1ccnc1NCCOC. The molecule has 0 aliphatic carbocycles. The Balaban J connectivity index is 2.15. The van der Waals surface area contributed by atoms with Crippen LogP contribution in [0.2, 0.25) is 0 Å². The summed E-state index contributed by atoms with van der Waals surface area (Å²) in [6.07, 6.45) is 11.9. The van der Waals surface area contributed by atoms with Crippen LogP contribution in [0.1, 0.15) is 45.4 Å². The zero-order valence-electron chi connectivity index (χ0n) is 11.8. The van der Waals surface area contributed by atoms with Gasteiger partial charge in [0.25, 0.3) is 0 Å². The first kappa shape index (κ1) is 15.0. The molecule has 0 radical (unpaired) electrons. The molecule has 18 heavy (non-hydrogen) atoms. The molecule has 0 aromatic carbocycles. The normalized spacial score (nSPS) is 10.8. The molecule has 0 saturated heterocycles. The molecule has 4 heteroatoms. The van der Waals surface area contributed by atoms with Gasteiger partial charge >= 0.3 is 0 Å². The van der Waals surface area contributed by atoms with E-state index in [2.05, 4.69) is 21.8 Å². The minimum atomic E-state index is 0.712. The molecule has 0 atom stereocenters. The summed E-state index contributed by atoms with van der Waals surface area (Å²) in [7, 11) is 1.71. The number of imidazole rings is 1. The predicted molar refractivity (Wildman–Crippen MR) is 76.0 cm³/mol. The maximum atomic E-state index is 5.02. The quantitative estimate of drug-likeness (QED) is 0.615. The van der Waals surface area contributed by atoms with Crippen molar-refractivity contribution in [3.8, 4) is 0 Å². The Morgan fingerprint density at radius 2 is 2.00 bits per heavy atom. The summed E-state index contributed by atoms with van der Waals surface area (Å²) in [5.74, 6) is 0.959. The summed E-state index contributed by atoms with van der Waals surface area (Å²) in [6, 6.07) is 0. The highest BCUT2D eigenvalue weighted by molar-refractivity contribution is 5.25. The molecule has 0 amide bonds. The van der Waals surface area contributed by atoms with Gasteiger partial charge in [-0.15, -0.1) is 0 Å². The number of unbranched alkanes of at least 4 members (excludes halogenated alkanes) is 5. The topological polar surface area (TPSA) is 39.1 Å². The maximum Gasteiger partial charge on any atom is 0.202 e. The smallest absolute Gasteiger partial charge is 0.202 e. The second-order valence-electron chi connectivity index (χ2n) is 4.63. The van der Waals surface area contributed by atoms with Crippen LogP contribution in [-0.2, 0) is 11.3 Å². The maximum absolute atomic E-state index is 5.02. The fraction of sp³-hybridized carbons (Fsp3) is 0.786. The molecule has 0 aliphatic rings. The second kappa shape index (κ2) is 9.95. The van der Waals surface area contributed by atoms with Gasteiger partial charge in [0.05, 0.1) is 6.61 Å². The van der Waals surface area contributed by atoms with E-state index in [-0.39, 0.29) is 0 Å². The zero-order chi connectivity index (χ0) is 13.1. The van der Waals surface area contributed by atoms with Gasteiger partial charge in [0, 0.05) is 32.6 Å². The molecule has 4 nitrogen and oxygen atoms in total. The lowest BCUT2D eigenvalue weighted by atomic mass is 10.1. The van der Waals surface area contributed by atoms with Crippen LogP contribution in [0, 0.1) is 0 Å². The molecule has 1 heterocycles. The first-order valence-corrected chi connectivity index (χ1v) is 7.12. The highest BCUT2D eigenvalue weighted by Crippen LogP contribution is 2.09. The fourth-order valence-corrected chi connectivity index (χ4v) is 1.98. The van der Waals surface area contributed by atoms with Gasteiger partial charge < -0.3 is 14.6 Å². The van der Waals surface area contributed by atoms with Gasteiger partial charge in [-0.25, -0.2) is 4.98 Å². The molecule has 1 N–H and O–H groups in total. The third-order valence-corrected chi connectivity index (χ3v) is 3.06. The van der Waals surface area contributed by atoms with Crippen molar-refractivity contribution in [1.29, 1.82) is 0 Å². The van der Waals surface area contributed by atoms with E-state index in [1.54, 1.807) is 7.11 Å². The van der Waals surface area contributed by atoms with Crippen LogP contribution in [0.15, 0.2) is 12.4 Å². The first-order valence-electron chi connectivity index (χ1n) is 7.12. The van der Waals surface area contributed by atoms with Crippen molar-refractivity contribution in [2.75, 3.05) is 25.6 Å². The monoisotopic (exact) mass is 253 g/mol. The number of methoxy groups -OCH3 is 1. The molecular weight excluding hydrogens is 226 g/mol. The number of aryl methyl sites for hydroxylation is 1. The van der Waals surface area contributed by atoms with E-state index in [1.165, 1.54) is 38.5 Å². The molecule has 0 bridgehead atoms. The average molecular weight is 253 g/mol. The summed E-state index contributed by atoms with van der Waals surface area (Å²) in [5, 5.41) is 3.28. The van der Waals surface area contributed by atoms with Gasteiger partial charge in [-0.3, -0.25) is 0 Å². The highest BCUT2D eigenvalue weighted by Gasteiger charge is 2.01. The molecule has 0 saturated carbocycles. The minimum Gasteiger partial charge on any atom is -0.383 e. The summed E-state index contributed by atoms with van der Waals surface area (Å²) in [5.41, 5.74) is 0. The highest BCUT2D eigenvalue weighted by atomic mass is 16.5. The van der Waals surface area contributed by atoms with E-state index in [0.29, 0.717) is 6.61 Å². The lowest BCUT2D eigenvalue weighted by Crippen LogP contribution is -2.12. The second-order valence-corrected chi connectivity index (χ2v) is 4.63. The van der Waals surface area contributed by atoms with Crippen molar-refractivity contribution < 1.29 is 4.74 Å². The van der Waals surface area contributed by atoms with Gasteiger partial charge in [-0.1, -0.05) is 39.0 Å². The summed E-state index contributed by atoms with van der Waals surface area (Å²) in [6.45, 7) is 4.83. The van der Waals surface area contributed by atoms with Crippen LogP contribution >= 0.6 is 0 Å². The Morgan fingerprint density at radius 1 is 1.22 bits per heavy atom. The Hall–Kier alpha value is -1.03. The van der Waals surface area contributed by atoms with E-state index in [1.807, 2.05) is 12.4 Å². The molecule has 1 aromatic rings. The summed E-state index contributed by atoms with van der Waals surface area (Å²) in [4.78, 5) is 4.31. The zero-order valence-corrected chi connectivity index (χ0v) is 11.8. The Kier molecular flexibility index (Phi) is 8.30. The summed E-state index contributed by atoms with van der Waals surface area (Å²) >= 11 is 0. The predicted octanol–water partition coefficient (Wildman–Crippen LogP) is 3.30. The van der Waals surface area contributed by atoms with Crippen LogP contribution in [0.25, 0.3) is 0 Å². The number of hydrogen-bond donors (Lipinski definition) is 1. The largest absolute Gasteiger partial charge is 0.383 e. The Labute approximate surface area is 111 Å². The molecule has 0 fully saturated rings. The van der Waals surface area contributed by atoms with Crippen LogP contribution in [0.4, 0.5) is 5.95 Å². The van der Waals surface area contributed by atoms with Crippen LogP contribution < -0.4 is 5.32 Å². The minimum absolute atomic E-state index is 0.712. The number of ether oxygens (including phenoxy) is 1. The Bertz CT molecular complexity index is 299.